The Bertz CT molecular complexity index is 256. The maximum absolute atomic E-state index is 12.4. The van der Waals surface area contributed by atoms with Crippen molar-refractivity contribution in [3.05, 3.63) is 0 Å². The molecule has 16 heavy (non-hydrogen) atoms. The first-order valence-electron chi connectivity index (χ1n) is 3.60. The molecule has 0 aliphatic rings. The second kappa shape index (κ2) is 3.69. The van der Waals surface area contributed by atoms with Crippen molar-refractivity contribution in [2.24, 2.45) is 0 Å². The Morgan fingerprint density at radius 3 is 1.31 bits per heavy atom. The van der Waals surface area contributed by atoms with E-state index in [0.29, 0.717) is 0 Å². The van der Waals surface area contributed by atoms with Crippen molar-refractivity contribution >= 4 is 0 Å². The molecule has 2 nitrogen and oxygen atoms in total. The summed E-state index contributed by atoms with van der Waals surface area (Å²) in [6.07, 6.45) is -3.75. The molecule has 0 aromatic carbocycles. The molecule has 1 unspecified atom stereocenters. The van der Waals surface area contributed by atoms with Crippen molar-refractivity contribution in [3.8, 4) is 0 Å². The smallest absolute Gasteiger partial charge is 0.335 e. The van der Waals surface area contributed by atoms with Crippen LogP contribution in [-0.2, 0) is 0 Å². The molecule has 0 aliphatic carbocycles. The molecule has 0 aromatic heterocycles. The first kappa shape index (κ1) is 15.4. The van der Waals surface area contributed by atoms with E-state index in [1.54, 1.807) is 0 Å². The Morgan fingerprint density at radius 2 is 1.12 bits per heavy atom. The molecule has 0 rings (SSSR count). The summed E-state index contributed by atoms with van der Waals surface area (Å²) in [6.45, 7) is -0.168. The van der Waals surface area contributed by atoms with Gasteiger partial charge < -0.3 is 10.2 Å². The van der Waals surface area contributed by atoms with Gasteiger partial charge in [-0.3, -0.25) is 0 Å². The second-order valence-corrected chi connectivity index (χ2v) is 2.97. The van der Waals surface area contributed by atoms with Crippen LogP contribution in [0.25, 0.3) is 0 Å². The quantitative estimate of drug-likeness (QED) is 0.599. The summed E-state index contributed by atoms with van der Waals surface area (Å²) in [5, 5.41) is 15.3. The van der Waals surface area contributed by atoms with Gasteiger partial charge in [-0.25, -0.2) is 4.39 Å². The van der Waals surface area contributed by atoms with E-state index in [4.69, 9.17) is 10.2 Å². The van der Waals surface area contributed by atoms with Crippen LogP contribution >= 0.6 is 0 Å². The molecule has 0 heterocycles. The zero-order chi connectivity index (χ0) is 13.6. The second-order valence-electron chi connectivity index (χ2n) is 2.97. The number of alkyl halides is 8. The molecule has 0 saturated heterocycles. The van der Waals surface area contributed by atoms with E-state index in [1.165, 1.54) is 0 Å². The van der Waals surface area contributed by atoms with Crippen LogP contribution in [-0.4, -0.2) is 40.2 Å². The van der Waals surface area contributed by atoms with Crippen LogP contribution in [0.4, 0.5) is 35.1 Å². The molecule has 0 spiro atoms. The fourth-order valence-electron chi connectivity index (χ4n) is 0.659. The highest BCUT2D eigenvalue weighted by Gasteiger charge is 2.81. The minimum Gasteiger partial charge on any atom is -0.335 e. The molecule has 0 aliphatic heterocycles. The lowest BCUT2D eigenvalue weighted by Gasteiger charge is -2.35. The first-order chi connectivity index (χ1) is 6.69. The van der Waals surface area contributed by atoms with Crippen LogP contribution in [0.5, 0.6) is 0 Å². The Kier molecular flexibility index (Phi) is 3.54. The summed E-state index contributed by atoms with van der Waals surface area (Å²) in [5.74, 6) is -19.2. The molecule has 0 bridgehead atoms. The number of rotatable bonds is 4. The highest BCUT2D eigenvalue weighted by molar-refractivity contribution is 5.02. The Balaban J connectivity index is 5.53. The van der Waals surface area contributed by atoms with Gasteiger partial charge in [0.15, 0.2) is 6.17 Å². The highest BCUT2D eigenvalue weighted by Crippen LogP contribution is 2.51. The van der Waals surface area contributed by atoms with Crippen LogP contribution in [0, 0.1) is 0 Å². The van der Waals surface area contributed by atoms with Gasteiger partial charge in [0.05, 0.1) is 0 Å². The van der Waals surface area contributed by atoms with Gasteiger partial charge in [-0.1, -0.05) is 0 Å². The normalized spacial score (nSPS) is 17.4. The van der Waals surface area contributed by atoms with Gasteiger partial charge in [0.2, 0.25) is 0 Å². The van der Waals surface area contributed by atoms with E-state index >= 15 is 0 Å². The molecule has 0 amide bonds. The molecule has 0 aromatic rings. The maximum atomic E-state index is 12.4. The number of hydrogen-bond acceptors (Lipinski definition) is 2. The van der Waals surface area contributed by atoms with E-state index in [2.05, 4.69) is 0 Å². The lowest BCUT2D eigenvalue weighted by atomic mass is 10.00. The fraction of sp³-hybridized carbons (Fsp3) is 1.00. The van der Waals surface area contributed by atoms with E-state index in [-0.39, 0.29) is 6.92 Å². The number of halogens is 8. The number of aliphatic hydroxyl groups is 2. The standard InChI is InChI=1S/C6H6F8O2/c1-2(7)3(8,9)4(10,11)5(12,13)6(14,15)16/h2,15-16H,1H3. The molecule has 0 radical (unpaired) electrons. The predicted molar refractivity (Wildman–Crippen MR) is 33.7 cm³/mol. The average Bonchev–Trinajstić information content (AvgIpc) is 2.00. The maximum Gasteiger partial charge on any atom is 0.399 e. The lowest BCUT2D eigenvalue weighted by molar-refractivity contribution is -0.443. The van der Waals surface area contributed by atoms with Crippen LogP contribution in [0.1, 0.15) is 6.92 Å². The number of hydrogen-bond donors (Lipinski definition) is 2. The van der Waals surface area contributed by atoms with Gasteiger partial charge >= 0.3 is 23.8 Å². The van der Waals surface area contributed by atoms with Crippen LogP contribution in [0.3, 0.4) is 0 Å². The summed E-state index contributed by atoms with van der Waals surface area (Å²) < 4.78 is 98.1. The van der Waals surface area contributed by atoms with Crippen molar-refractivity contribution in [2.45, 2.75) is 36.9 Å². The predicted octanol–water partition coefficient (Wildman–Crippen LogP) is 1.86. The van der Waals surface area contributed by atoms with Crippen LogP contribution in [0.2, 0.25) is 0 Å². The molecular formula is C6H6F8O2. The molecule has 0 saturated carbocycles. The third kappa shape index (κ3) is 1.95. The van der Waals surface area contributed by atoms with Crippen LogP contribution in [0.15, 0.2) is 0 Å². The summed E-state index contributed by atoms with van der Waals surface area (Å²) in [6, 6.07) is -5.91. The van der Waals surface area contributed by atoms with Crippen molar-refractivity contribution < 1.29 is 45.3 Å². The van der Waals surface area contributed by atoms with Gasteiger partial charge in [0.25, 0.3) is 0 Å². The third-order valence-electron chi connectivity index (χ3n) is 1.71. The Labute approximate surface area is 83.5 Å². The summed E-state index contributed by atoms with van der Waals surface area (Å²) >= 11 is 0. The van der Waals surface area contributed by atoms with Crippen LogP contribution < -0.4 is 0 Å². The highest BCUT2D eigenvalue weighted by atomic mass is 19.4. The summed E-state index contributed by atoms with van der Waals surface area (Å²) in [4.78, 5) is 0. The Morgan fingerprint density at radius 1 is 0.812 bits per heavy atom. The van der Waals surface area contributed by atoms with Crippen molar-refractivity contribution in [2.75, 3.05) is 0 Å². The van der Waals surface area contributed by atoms with Gasteiger partial charge in [-0.15, -0.1) is 0 Å². The zero-order valence-electron chi connectivity index (χ0n) is 7.50. The van der Waals surface area contributed by atoms with Gasteiger partial charge in [-0.05, 0) is 6.92 Å². The van der Waals surface area contributed by atoms with E-state index < -0.39 is 30.0 Å². The lowest BCUT2D eigenvalue weighted by Crippen LogP contribution is -2.65. The van der Waals surface area contributed by atoms with Crippen molar-refractivity contribution in [3.63, 3.8) is 0 Å². The molecule has 0 fully saturated rings. The van der Waals surface area contributed by atoms with Gasteiger partial charge in [0.1, 0.15) is 0 Å². The monoisotopic (exact) mass is 262 g/mol. The molecule has 1 atom stereocenters. The minimum absolute atomic E-state index is 0.168. The average molecular weight is 262 g/mol. The topological polar surface area (TPSA) is 40.5 Å². The van der Waals surface area contributed by atoms with Gasteiger partial charge in [0, 0.05) is 0 Å². The first-order valence-corrected chi connectivity index (χ1v) is 3.60. The van der Waals surface area contributed by atoms with E-state index in [1.807, 2.05) is 0 Å². The van der Waals surface area contributed by atoms with E-state index in [9.17, 15) is 35.1 Å². The summed E-state index contributed by atoms with van der Waals surface area (Å²) in [7, 11) is 0. The summed E-state index contributed by atoms with van der Waals surface area (Å²) in [5.41, 5.74) is 0. The zero-order valence-corrected chi connectivity index (χ0v) is 7.50. The SMILES string of the molecule is CC(F)C(F)(F)C(F)(F)C(F)(F)C(O)(O)F. The largest absolute Gasteiger partial charge is 0.399 e. The van der Waals surface area contributed by atoms with Crippen molar-refractivity contribution in [1.29, 1.82) is 0 Å². The van der Waals surface area contributed by atoms with Gasteiger partial charge in [-0.2, -0.15) is 30.7 Å². The molecule has 2 N–H and O–H groups in total. The molecule has 98 valence electrons. The van der Waals surface area contributed by atoms with Crippen molar-refractivity contribution in [1.82, 2.24) is 0 Å². The minimum atomic E-state index is -6.62. The molecular weight excluding hydrogens is 256 g/mol. The Hall–Kier alpha value is -0.640. The molecule has 10 heteroatoms. The van der Waals surface area contributed by atoms with E-state index in [0.717, 1.165) is 0 Å². The fourth-order valence-corrected chi connectivity index (χ4v) is 0.659. The third-order valence-corrected chi connectivity index (χ3v) is 1.71.